The number of benzene rings is 2. The molecular formula is C18H19N3O3S2. The molecule has 0 unspecified atom stereocenters. The Bertz CT molecular complexity index is 1100. The van der Waals surface area contributed by atoms with E-state index in [1.807, 2.05) is 30.3 Å². The lowest BCUT2D eigenvalue weighted by Gasteiger charge is -2.35. The summed E-state index contributed by atoms with van der Waals surface area (Å²) < 4.78 is 29.7. The van der Waals surface area contributed by atoms with Crippen LogP contribution in [0.3, 0.4) is 0 Å². The molecule has 3 aromatic rings. The third-order valence-electron chi connectivity index (χ3n) is 4.76. The highest BCUT2D eigenvalue weighted by Gasteiger charge is 2.29. The number of anilines is 1. The molecule has 6 nitrogen and oxygen atoms in total. The van der Waals surface area contributed by atoms with Crippen molar-refractivity contribution in [2.45, 2.75) is 4.90 Å². The lowest BCUT2D eigenvalue weighted by molar-refractivity contribution is 0.385. The SMILES string of the molecule is Cn1c(=O)sc2cc(S(=O)(=O)N3CCN(c4ccccc4)CC3)ccc21. The molecule has 0 aliphatic carbocycles. The van der Waals surface area contributed by atoms with Crippen molar-refractivity contribution in [3.63, 3.8) is 0 Å². The molecule has 2 heterocycles. The molecule has 136 valence electrons. The fraction of sp³-hybridized carbons (Fsp3) is 0.278. The summed E-state index contributed by atoms with van der Waals surface area (Å²) in [6, 6.07) is 14.9. The summed E-state index contributed by atoms with van der Waals surface area (Å²) in [7, 11) is -1.87. The second-order valence-corrected chi connectivity index (χ2v) is 9.21. The van der Waals surface area contributed by atoms with Crippen molar-refractivity contribution in [3.05, 3.63) is 58.2 Å². The molecule has 0 saturated carbocycles. The maximum atomic E-state index is 13.0. The van der Waals surface area contributed by atoms with Crippen molar-refractivity contribution in [2.75, 3.05) is 31.1 Å². The number of hydrogen-bond donors (Lipinski definition) is 0. The fourth-order valence-electron chi connectivity index (χ4n) is 3.25. The standard InChI is InChI=1S/C18H19N3O3S2/c1-19-16-8-7-15(13-17(16)25-18(19)22)26(23,24)21-11-9-20(10-12-21)14-5-3-2-4-6-14/h2-8,13H,9-12H2,1H3. The van der Waals surface area contributed by atoms with Crippen molar-refractivity contribution < 1.29 is 8.42 Å². The van der Waals surface area contributed by atoms with Gasteiger partial charge in [-0.1, -0.05) is 29.5 Å². The van der Waals surface area contributed by atoms with Gasteiger partial charge in [-0.15, -0.1) is 0 Å². The lowest BCUT2D eigenvalue weighted by atomic mass is 10.2. The minimum atomic E-state index is -3.56. The highest BCUT2D eigenvalue weighted by Crippen LogP contribution is 2.25. The minimum Gasteiger partial charge on any atom is -0.369 e. The maximum absolute atomic E-state index is 13.0. The van der Waals surface area contributed by atoms with Crippen LogP contribution >= 0.6 is 11.3 Å². The lowest BCUT2D eigenvalue weighted by Crippen LogP contribution is -2.48. The molecule has 1 saturated heterocycles. The molecule has 1 fully saturated rings. The molecule has 0 bridgehead atoms. The van der Waals surface area contributed by atoms with Gasteiger partial charge in [-0.05, 0) is 30.3 Å². The zero-order valence-electron chi connectivity index (χ0n) is 14.3. The van der Waals surface area contributed by atoms with E-state index in [1.165, 1.54) is 8.87 Å². The molecule has 1 aliphatic heterocycles. The number of piperazine rings is 1. The van der Waals surface area contributed by atoms with E-state index in [9.17, 15) is 13.2 Å². The van der Waals surface area contributed by atoms with Crippen LogP contribution in [-0.4, -0.2) is 43.5 Å². The van der Waals surface area contributed by atoms with E-state index < -0.39 is 10.0 Å². The van der Waals surface area contributed by atoms with Crippen LogP contribution in [0, 0.1) is 0 Å². The summed E-state index contributed by atoms with van der Waals surface area (Å²) in [6.45, 7) is 2.20. The first-order valence-electron chi connectivity index (χ1n) is 8.36. The van der Waals surface area contributed by atoms with Crippen LogP contribution in [0.4, 0.5) is 5.69 Å². The van der Waals surface area contributed by atoms with E-state index in [2.05, 4.69) is 4.90 Å². The molecular weight excluding hydrogens is 370 g/mol. The Morgan fingerprint density at radius 3 is 2.35 bits per heavy atom. The summed E-state index contributed by atoms with van der Waals surface area (Å²) in [4.78, 5) is 14.1. The smallest absolute Gasteiger partial charge is 0.307 e. The van der Waals surface area contributed by atoms with Crippen LogP contribution in [-0.2, 0) is 17.1 Å². The molecule has 1 aromatic heterocycles. The number of thiazole rings is 1. The van der Waals surface area contributed by atoms with Gasteiger partial charge in [0.15, 0.2) is 0 Å². The summed E-state index contributed by atoms with van der Waals surface area (Å²) in [5.74, 6) is 0. The summed E-state index contributed by atoms with van der Waals surface area (Å²) in [5, 5.41) is 0. The Balaban J connectivity index is 1.57. The Kier molecular flexibility index (Phi) is 4.34. The number of hydrogen-bond acceptors (Lipinski definition) is 5. The van der Waals surface area contributed by atoms with E-state index in [0.717, 1.165) is 22.5 Å². The van der Waals surface area contributed by atoms with E-state index in [1.54, 1.807) is 25.2 Å². The Morgan fingerprint density at radius 1 is 0.962 bits per heavy atom. The van der Waals surface area contributed by atoms with Crippen molar-refractivity contribution in [1.82, 2.24) is 8.87 Å². The van der Waals surface area contributed by atoms with Crippen LogP contribution in [0.25, 0.3) is 10.2 Å². The molecule has 0 N–H and O–H groups in total. The molecule has 0 radical (unpaired) electrons. The number of fused-ring (bicyclic) bond motifs is 1. The third-order valence-corrected chi connectivity index (χ3v) is 7.65. The van der Waals surface area contributed by atoms with Gasteiger partial charge in [0, 0.05) is 38.9 Å². The predicted molar refractivity (Wildman–Crippen MR) is 104 cm³/mol. The third kappa shape index (κ3) is 2.94. The van der Waals surface area contributed by atoms with E-state index in [4.69, 9.17) is 0 Å². The Hall–Kier alpha value is -2.16. The van der Waals surface area contributed by atoms with Gasteiger partial charge in [0.1, 0.15) is 0 Å². The molecule has 4 rings (SSSR count). The van der Waals surface area contributed by atoms with Gasteiger partial charge in [0.25, 0.3) is 0 Å². The summed E-state index contributed by atoms with van der Waals surface area (Å²) in [6.07, 6.45) is 0. The van der Waals surface area contributed by atoms with Gasteiger partial charge in [0.05, 0.1) is 15.1 Å². The number of sulfonamides is 1. The van der Waals surface area contributed by atoms with Gasteiger partial charge in [0.2, 0.25) is 10.0 Å². The number of aryl methyl sites for hydroxylation is 1. The predicted octanol–water partition coefficient (Wildman–Crippen LogP) is 2.11. The highest BCUT2D eigenvalue weighted by molar-refractivity contribution is 7.89. The average molecular weight is 390 g/mol. The summed E-state index contributed by atoms with van der Waals surface area (Å²) >= 11 is 1.07. The van der Waals surface area contributed by atoms with Gasteiger partial charge < -0.3 is 9.47 Å². The van der Waals surface area contributed by atoms with Gasteiger partial charge >= 0.3 is 4.87 Å². The number of para-hydroxylation sites is 1. The number of rotatable bonds is 3. The van der Waals surface area contributed by atoms with Crippen LogP contribution < -0.4 is 9.77 Å². The second kappa shape index (κ2) is 6.53. The molecule has 1 aliphatic rings. The van der Waals surface area contributed by atoms with Crippen LogP contribution in [0.15, 0.2) is 58.2 Å². The largest absolute Gasteiger partial charge is 0.369 e. The van der Waals surface area contributed by atoms with E-state index in [0.29, 0.717) is 30.9 Å². The average Bonchev–Trinajstić information content (AvgIpc) is 2.96. The topological polar surface area (TPSA) is 62.6 Å². The maximum Gasteiger partial charge on any atom is 0.307 e. The Labute approximate surface area is 156 Å². The normalized spacial score (nSPS) is 16.3. The second-order valence-electron chi connectivity index (χ2n) is 6.28. The van der Waals surface area contributed by atoms with Crippen molar-refractivity contribution >= 4 is 37.3 Å². The fourth-order valence-corrected chi connectivity index (χ4v) is 5.69. The van der Waals surface area contributed by atoms with Crippen molar-refractivity contribution in [3.8, 4) is 0 Å². The minimum absolute atomic E-state index is 0.0916. The molecule has 0 amide bonds. The zero-order valence-corrected chi connectivity index (χ0v) is 16.0. The first kappa shape index (κ1) is 17.3. The number of aromatic nitrogens is 1. The highest BCUT2D eigenvalue weighted by atomic mass is 32.2. The van der Waals surface area contributed by atoms with Crippen molar-refractivity contribution in [1.29, 1.82) is 0 Å². The number of nitrogens with zero attached hydrogens (tertiary/aromatic N) is 3. The van der Waals surface area contributed by atoms with Crippen LogP contribution in [0.2, 0.25) is 0 Å². The molecule has 0 spiro atoms. The molecule has 26 heavy (non-hydrogen) atoms. The molecule has 2 aromatic carbocycles. The van der Waals surface area contributed by atoms with Gasteiger partial charge in [-0.25, -0.2) is 8.42 Å². The first-order valence-corrected chi connectivity index (χ1v) is 10.6. The zero-order chi connectivity index (χ0) is 18.3. The summed E-state index contributed by atoms with van der Waals surface area (Å²) in [5.41, 5.74) is 1.87. The van der Waals surface area contributed by atoms with Gasteiger partial charge in [-0.3, -0.25) is 4.79 Å². The van der Waals surface area contributed by atoms with Gasteiger partial charge in [-0.2, -0.15) is 4.31 Å². The van der Waals surface area contributed by atoms with E-state index in [-0.39, 0.29) is 9.77 Å². The van der Waals surface area contributed by atoms with Crippen LogP contribution in [0.5, 0.6) is 0 Å². The Morgan fingerprint density at radius 2 is 1.65 bits per heavy atom. The molecule has 8 heteroatoms. The quantitative estimate of drug-likeness (QED) is 0.688. The van der Waals surface area contributed by atoms with Crippen molar-refractivity contribution in [2.24, 2.45) is 7.05 Å². The van der Waals surface area contributed by atoms with E-state index >= 15 is 0 Å². The monoisotopic (exact) mass is 389 g/mol. The van der Waals surface area contributed by atoms with Crippen LogP contribution in [0.1, 0.15) is 0 Å². The molecule has 0 atom stereocenters. The first-order chi connectivity index (χ1) is 12.5.